The van der Waals surface area contributed by atoms with Crippen molar-refractivity contribution in [2.45, 2.75) is 38.6 Å². The Balaban J connectivity index is 0.00000106. The summed E-state index contributed by atoms with van der Waals surface area (Å²) in [5, 5.41) is 9.06. The summed E-state index contributed by atoms with van der Waals surface area (Å²) >= 11 is 0. The molecule has 1 saturated carbocycles. The van der Waals surface area contributed by atoms with Crippen molar-refractivity contribution in [2.75, 3.05) is 7.11 Å². The maximum Gasteiger partial charge on any atom is 0.397 e. The maximum absolute atomic E-state index is 12.1. The van der Waals surface area contributed by atoms with Gasteiger partial charge in [0.2, 0.25) is 0 Å². The number of halogens is 1. The van der Waals surface area contributed by atoms with Gasteiger partial charge >= 0.3 is 6.16 Å². The zero-order valence-corrected chi connectivity index (χ0v) is 9.78. The molecule has 0 aromatic heterocycles. The molecule has 0 aliphatic heterocycles. The van der Waals surface area contributed by atoms with Crippen LogP contribution in [-0.2, 0) is 4.79 Å². The number of rotatable bonds is 6. The van der Waals surface area contributed by atoms with Gasteiger partial charge in [0.1, 0.15) is 6.29 Å². The minimum absolute atomic E-state index is 0.122. The van der Waals surface area contributed by atoms with Crippen LogP contribution in [0, 0.1) is 11.8 Å². The van der Waals surface area contributed by atoms with Crippen LogP contribution in [0.5, 0.6) is 0 Å². The van der Waals surface area contributed by atoms with Crippen molar-refractivity contribution < 1.29 is 19.1 Å². The fourth-order valence-corrected chi connectivity index (χ4v) is 1.94. The SMILES string of the molecule is CCCC(C1CC1)C(C=O)NC(=O)F.CO. The molecule has 2 N–H and O–H groups in total. The lowest BCUT2D eigenvalue weighted by molar-refractivity contribution is -0.110. The van der Waals surface area contributed by atoms with Crippen LogP contribution in [0.4, 0.5) is 9.18 Å². The molecule has 1 rings (SSSR count). The van der Waals surface area contributed by atoms with Crippen molar-refractivity contribution in [1.29, 1.82) is 0 Å². The Morgan fingerprint density at radius 2 is 2.12 bits per heavy atom. The Kier molecular flexibility index (Phi) is 7.72. The maximum atomic E-state index is 12.1. The van der Waals surface area contributed by atoms with Crippen LogP contribution in [0.1, 0.15) is 32.6 Å². The van der Waals surface area contributed by atoms with E-state index >= 15 is 0 Å². The van der Waals surface area contributed by atoms with Gasteiger partial charge < -0.3 is 15.2 Å². The highest BCUT2D eigenvalue weighted by Crippen LogP contribution is 2.40. The van der Waals surface area contributed by atoms with Crippen LogP contribution >= 0.6 is 0 Å². The van der Waals surface area contributed by atoms with Gasteiger partial charge in [-0.2, -0.15) is 0 Å². The topological polar surface area (TPSA) is 66.4 Å². The average Bonchev–Trinajstić information content (AvgIpc) is 3.09. The number of aliphatic hydroxyl groups excluding tert-OH is 1. The minimum atomic E-state index is -1.61. The van der Waals surface area contributed by atoms with Crippen LogP contribution < -0.4 is 5.32 Å². The predicted molar refractivity (Wildman–Crippen MR) is 58.8 cm³/mol. The molecular formula is C11H20FNO3. The zero-order valence-electron chi connectivity index (χ0n) is 9.78. The van der Waals surface area contributed by atoms with Crippen LogP contribution in [0.25, 0.3) is 0 Å². The number of aldehydes is 1. The van der Waals surface area contributed by atoms with E-state index in [4.69, 9.17) is 5.11 Å². The van der Waals surface area contributed by atoms with Gasteiger partial charge in [0.15, 0.2) is 0 Å². The molecular weight excluding hydrogens is 213 g/mol. The molecule has 1 amide bonds. The molecule has 0 aromatic rings. The molecule has 1 aliphatic rings. The Bertz CT molecular complexity index is 219. The minimum Gasteiger partial charge on any atom is -0.400 e. The second-order valence-corrected chi connectivity index (χ2v) is 3.87. The average molecular weight is 233 g/mol. The molecule has 0 spiro atoms. The smallest absolute Gasteiger partial charge is 0.397 e. The van der Waals surface area contributed by atoms with Crippen LogP contribution in [0.15, 0.2) is 0 Å². The molecule has 2 atom stereocenters. The number of carbonyl (C=O) groups is 2. The van der Waals surface area contributed by atoms with Crippen LogP contribution in [-0.4, -0.2) is 30.7 Å². The summed E-state index contributed by atoms with van der Waals surface area (Å²) in [6, 6.07) is -0.639. The molecule has 1 aliphatic carbocycles. The first kappa shape index (κ1) is 15.0. The normalized spacial score (nSPS) is 17.8. The van der Waals surface area contributed by atoms with E-state index in [1.54, 1.807) is 0 Å². The van der Waals surface area contributed by atoms with Crippen LogP contribution in [0.3, 0.4) is 0 Å². The highest BCUT2D eigenvalue weighted by Gasteiger charge is 2.36. The second-order valence-electron chi connectivity index (χ2n) is 3.87. The summed E-state index contributed by atoms with van der Waals surface area (Å²) in [5.41, 5.74) is 0. The fourth-order valence-electron chi connectivity index (χ4n) is 1.94. The Morgan fingerprint density at radius 1 is 1.56 bits per heavy atom. The van der Waals surface area contributed by atoms with Gasteiger partial charge in [0, 0.05) is 7.11 Å². The molecule has 5 heteroatoms. The number of aliphatic hydroxyl groups is 1. The third-order valence-electron chi connectivity index (χ3n) is 2.74. The van der Waals surface area contributed by atoms with Gasteiger partial charge in [-0.25, -0.2) is 4.79 Å². The van der Waals surface area contributed by atoms with Gasteiger partial charge in [-0.1, -0.05) is 13.3 Å². The molecule has 0 bridgehead atoms. The van der Waals surface area contributed by atoms with Crippen molar-refractivity contribution in [2.24, 2.45) is 11.8 Å². The number of carbonyl (C=O) groups excluding carboxylic acids is 2. The molecule has 0 saturated heterocycles. The van der Waals surface area contributed by atoms with Gasteiger partial charge in [0.05, 0.1) is 6.04 Å². The largest absolute Gasteiger partial charge is 0.400 e. The van der Waals surface area contributed by atoms with E-state index in [1.807, 2.05) is 6.92 Å². The zero-order chi connectivity index (χ0) is 12.6. The van der Waals surface area contributed by atoms with Crippen molar-refractivity contribution in [3.63, 3.8) is 0 Å². The predicted octanol–water partition coefficient (Wildman–Crippen LogP) is 1.67. The van der Waals surface area contributed by atoms with Crippen molar-refractivity contribution in [3.05, 3.63) is 0 Å². The summed E-state index contributed by atoms with van der Waals surface area (Å²) in [6.07, 6.45) is 3.05. The fraction of sp³-hybridized carbons (Fsp3) is 0.818. The van der Waals surface area contributed by atoms with Gasteiger partial charge in [-0.05, 0) is 31.1 Å². The highest BCUT2D eigenvalue weighted by atomic mass is 19.1. The van der Waals surface area contributed by atoms with Crippen molar-refractivity contribution in [3.8, 4) is 0 Å². The Morgan fingerprint density at radius 3 is 2.44 bits per heavy atom. The second kappa shape index (κ2) is 8.21. The number of hydrogen-bond donors (Lipinski definition) is 2. The first-order valence-electron chi connectivity index (χ1n) is 5.55. The first-order valence-corrected chi connectivity index (χ1v) is 5.55. The molecule has 0 heterocycles. The monoisotopic (exact) mass is 233 g/mol. The summed E-state index contributed by atoms with van der Waals surface area (Å²) in [6.45, 7) is 2.02. The number of amides is 1. The van der Waals surface area contributed by atoms with E-state index in [0.717, 1.165) is 32.8 Å². The van der Waals surface area contributed by atoms with Gasteiger partial charge in [-0.3, -0.25) is 0 Å². The molecule has 0 radical (unpaired) electrons. The first-order chi connectivity index (χ1) is 7.69. The van der Waals surface area contributed by atoms with E-state index in [-0.39, 0.29) is 5.92 Å². The summed E-state index contributed by atoms with van der Waals surface area (Å²) in [7, 11) is 1.00. The molecule has 94 valence electrons. The lowest BCUT2D eigenvalue weighted by atomic mass is 9.91. The Labute approximate surface area is 95.2 Å². The van der Waals surface area contributed by atoms with Crippen molar-refractivity contribution >= 4 is 12.4 Å². The summed E-state index contributed by atoms with van der Waals surface area (Å²) in [5.74, 6) is 0.620. The number of nitrogens with one attached hydrogen (secondary N) is 1. The quantitative estimate of drug-likeness (QED) is 0.416. The molecule has 0 aromatic carbocycles. The summed E-state index contributed by atoms with van der Waals surface area (Å²) < 4.78 is 12.1. The molecule has 4 nitrogen and oxygen atoms in total. The van der Waals surface area contributed by atoms with Crippen molar-refractivity contribution in [1.82, 2.24) is 5.32 Å². The van der Waals surface area contributed by atoms with E-state index in [2.05, 4.69) is 5.32 Å². The standard InChI is InChI=1S/C10H16FNO2.CH4O/c1-2-3-8(7-4-5-7)9(6-13)12-10(11)14;1-2/h6-9H,2-5H2,1H3,(H,12,14);2H,1H3. The lowest BCUT2D eigenvalue weighted by Crippen LogP contribution is -2.40. The molecule has 1 fully saturated rings. The van der Waals surface area contributed by atoms with E-state index in [1.165, 1.54) is 0 Å². The Hall–Kier alpha value is -0.970. The van der Waals surface area contributed by atoms with E-state index in [0.29, 0.717) is 12.2 Å². The lowest BCUT2D eigenvalue weighted by Gasteiger charge is -2.21. The van der Waals surface area contributed by atoms with Gasteiger partial charge in [-0.15, -0.1) is 4.39 Å². The summed E-state index contributed by atoms with van der Waals surface area (Å²) in [4.78, 5) is 20.9. The van der Waals surface area contributed by atoms with Gasteiger partial charge in [0.25, 0.3) is 0 Å². The van der Waals surface area contributed by atoms with Crippen LogP contribution in [0.2, 0.25) is 0 Å². The number of hydrogen-bond acceptors (Lipinski definition) is 3. The molecule has 16 heavy (non-hydrogen) atoms. The third-order valence-corrected chi connectivity index (χ3v) is 2.74. The van der Waals surface area contributed by atoms with E-state index in [9.17, 15) is 14.0 Å². The van der Waals surface area contributed by atoms with E-state index < -0.39 is 12.2 Å². The third kappa shape index (κ3) is 5.21. The molecule has 2 unspecified atom stereocenters. The highest BCUT2D eigenvalue weighted by molar-refractivity contribution is 5.72.